The van der Waals surface area contributed by atoms with Gasteiger partial charge in [0.15, 0.2) is 0 Å². The van der Waals surface area contributed by atoms with Crippen molar-refractivity contribution in [2.45, 2.75) is 65.2 Å². The highest BCUT2D eigenvalue weighted by Crippen LogP contribution is 2.32. The van der Waals surface area contributed by atoms with Crippen molar-refractivity contribution in [1.29, 1.82) is 0 Å². The third kappa shape index (κ3) is 7.99. The lowest BCUT2D eigenvalue weighted by molar-refractivity contribution is -0.141. The Bertz CT molecular complexity index is 1130. The van der Waals surface area contributed by atoms with E-state index in [4.69, 9.17) is 26.1 Å². The molecule has 2 heterocycles. The fraction of sp³-hybridized carbons (Fsp3) is 0.444. The van der Waals surface area contributed by atoms with Gasteiger partial charge in [-0.2, -0.15) is 0 Å². The second-order valence-corrected chi connectivity index (χ2v) is 8.85. The molecular weight excluding hydrogens is 466 g/mol. The quantitative estimate of drug-likeness (QED) is 0.151. The number of unbranched alkanes of at least 4 members (excludes halogenated alkanes) is 6. The molecule has 3 aromatic rings. The van der Waals surface area contributed by atoms with Gasteiger partial charge in [-0.15, -0.1) is 0 Å². The van der Waals surface area contributed by atoms with E-state index < -0.39 is 0 Å². The molecule has 0 spiro atoms. The zero-order valence-electron chi connectivity index (χ0n) is 20.5. The molecule has 3 rings (SSSR count). The van der Waals surface area contributed by atoms with Crippen molar-refractivity contribution in [3.63, 3.8) is 0 Å². The minimum absolute atomic E-state index is 0.0196. The van der Waals surface area contributed by atoms with Crippen molar-refractivity contribution in [2.75, 3.05) is 18.5 Å². The van der Waals surface area contributed by atoms with Gasteiger partial charge in [0.2, 0.25) is 0 Å². The molecule has 0 fully saturated rings. The number of fused-ring (bicyclic) bond motifs is 1. The Balaban J connectivity index is 1.70. The highest BCUT2D eigenvalue weighted by Gasteiger charge is 2.17. The van der Waals surface area contributed by atoms with Crippen LogP contribution < -0.4 is 10.1 Å². The van der Waals surface area contributed by atoms with Gasteiger partial charge in [-0.1, -0.05) is 69.2 Å². The number of ether oxygens (including phenoxy) is 2. The molecule has 0 saturated carbocycles. The summed E-state index contributed by atoms with van der Waals surface area (Å²) >= 11 is 6.20. The first-order valence-electron chi connectivity index (χ1n) is 12.4. The van der Waals surface area contributed by atoms with Crippen LogP contribution in [0.1, 0.15) is 65.2 Å². The lowest BCUT2D eigenvalue weighted by Crippen LogP contribution is -2.17. The molecule has 1 aromatic carbocycles. The van der Waals surface area contributed by atoms with E-state index in [-0.39, 0.29) is 18.5 Å². The number of benzene rings is 1. The number of carbonyl (C=O) groups is 2. The van der Waals surface area contributed by atoms with Crippen LogP contribution in [0.2, 0.25) is 5.02 Å². The zero-order chi connectivity index (χ0) is 25.0. The topological polar surface area (TPSA) is 81.9 Å². The first-order valence-corrected chi connectivity index (χ1v) is 12.8. The molecule has 0 bridgehead atoms. The van der Waals surface area contributed by atoms with E-state index in [0.29, 0.717) is 41.0 Å². The second kappa shape index (κ2) is 13.7. The van der Waals surface area contributed by atoms with E-state index in [9.17, 15) is 9.59 Å². The van der Waals surface area contributed by atoms with Gasteiger partial charge in [-0.3, -0.25) is 14.0 Å². The number of pyridine rings is 1. The first-order chi connectivity index (χ1) is 17.0. The van der Waals surface area contributed by atoms with Gasteiger partial charge in [0.1, 0.15) is 29.5 Å². The van der Waals surface area contributed by atoms with Crippen molar-refractivity contribution in [3.8, 4) is 17.0 Å². The summed E-state index contributed by atoms with van der Waals surface area (Å²) in [4.78, 5) is 29.0. The number of esters is 2. The first kappa shape index (κ1) is 26.5. The molecule has 2 aromatic heterocycles. The smallest absolute Gasteiger partial charge is 0.325 e. The summed E-state index contributed by atoms with van der Waals surface area (Å²) in [6.45, 7) is 4.25. The summed E-state index contributed by atoms with van der Waals surface area (Å²) in [7, 11) is 0. The lowest BCUT2D eigenvalue weighted by Gasteiger charge is -2.10. The molecular formula is C27H34ClN3O4. The minimum atomic E-state index is -0.372. The van der Waals surface area contributed by atoms with Crippen molar-refractivity contribution < 1.29 is 19.1 Å². The van der Waals surface area contributed by atoms with Gasteiger partial charge >= 0.3 is 11.9 Å². The molecule has 7 nitrogen and oxygen atoms in total. The van der Waals surface area contributed by atoms with Crippen molar-refractivity contribution in [3.05, 3.63) is 47.6 Å². The van der Waals surface area contributed by atoms with Crippen molar-refractivity contribution in [2.24, 2.45) is 0 Å². The number of rotatable bonds is 14. The van der Waals surface area contributed by atoms with E-state index in [2.05, 4.69) is 12.2 Å². The van der Waals surface area contributed by atoms with Crippen molar-refractivity contribution in [1.82, 2.24) is 9.38 Å². The van der Waals surface area contributed by atoms with Crippen LogP contribution in [0, 0.1) is 0 Å². The number of hydrogen-bond donors (Lipinski definition) is 1. The number of nitrogens with one attached hydrogen (secondary N) is 1. The number of hydrogen-bond acceptors (Lipinski definition) is 6. The van der Waals surface area contributed by atoms with Crippen LogP contribution in [-0.4, -0.2) is 34.5 Å². The van der Waals surface area contributed by atoms with Crippen LogP contribution in [0.25, 0.3) is 16.9 Å². The Labute approximate surface area is 211 Å². The summed E-state index contributed by atoms with van der Waals surface area (Å²) < 4.78 is 12.4. The molecule has 0 aliphatic rings. The molecule has 0 atom stereocenters. The number of anilines is 1. The van der Waals surface area contributed by atoms with Crippen LogP contribution in [0.15, 0.2) is 42.6 Å². The minimum Gasteiger partial charge on any atom is -0.465 e. The Hall–Kier alpha value is -3.06. The third-order valence-corrected chi connectivity index (χ3v) is 5.84. The largest absolute Gasteiger partial charge is 0.465 e. The number of aromatic nitrogens is 2. The maximum absolute atomic E-state index is 12.4. The van der Waals surface area contributed by atoms with E-state index in [1.54, 1.807) is 41.8 Å². The fourth-order valence-electron chi connectivity index (χ4n) is 3.87. The fourth-order valence-corrected chi connectivity index (χ4v) is 4.03. The predicted molar refractivity (Wildman–Crippen MR) is 139 cm³/mol. The standard InChI is InChI=1S/C27H34ClN3O4/c1-3-5-6-7-8-9-10-14-24(32)35-22-13-11-12-20(17-22)26-27(29-18-25(33)34-4-2)31-19-21(28)15-16-23(31)30-26/h11-13,15-17,19,29H,3-10,14,18H2,1-2H3. The van der Waals surface area contributed by atoms with Crippen LogP contribution >= 0.6 is 11.6 Å². The Kier molecular flexibility index (Phi) is 10.4. The van der Waals surface area contributed by atoms with Gasteiger partial charge in [0, 0.05) is 18.2 Å². The van der Waals surface area contributed by atoms with Crippen molar-refractivity contribution >= 4 is 35.0 Å². The average molecular weight is 500 g/mol. The lowest BCUT2D eigenvalue weighted by atomic mass is 10.1. The predicted octanol–water partition coefficient (Wildman–Crippen LogP) is 6.68. The van der Waals surface area contributed by atoms with Gasteiger partial charge < -0.3 is 14.8 Å². The summed E-state index contributed by atoms with van der Waals surface area (Å²) in [5.41, 5.74) is 2.02. The monoisotopic (exact) mass is 499 g/mol. The Morgan fingerprint density at radius 1 is 1.00 bits per heavy atom. The van der Waals surface area contributed by atoms with Crippen LogP contribution in [0.5, 0.6) is 5.75 Å². The molecule has 8 heteroatoms. The number of halogens is 1. The summed E-state index contributed by atoms with van der Waals surface area (Å²) in [6.07, 6.45) is 10.2. The molecule has 188 valence electrons. The van der Waals surface area contributed by atoms with E-state index in [1.165, 1.54) is 25.7 Å². The van der Waals surface area contributed by atoms with Crippen LogP contribution in [0.4, 0.5) is 5.82 Å². The number of nitrogens with zero attached hydrogens (tertiary/aromatic N) is 2. The van der Waals surface area contributed by atoms with Gasteiger partial charge in [0.25, 0.3) is 0 Å². The second-order valence-electron chi connectivity index (χ2n) is 8.42. The molecule has 0 radical (unpaired) electrons. The SMILES string of the molecule is CCCCCCCCCC(=O)Oc1cccc(-c2nc3ccc(Cl)cn3c2NCC(=O)OCC)c1. The maximum atomic E-state index is 12.4. The molecule has 0 saturated heterocycles. The van der Waals surface area contributed by atoms with E-state index in [1.807, 2.05) is 12.1 Å². The van der Waals surface area contributed by atoms with Gasteiger partial charge in [0.05, 0.1) is 11.6 Å². The third-order valence-electron chi connectivity index (χ3n) is 5.61. The number of imidazole rings is 1. The van der Waals surface area contributed by atoms with Gasteiger partial charge in [-0.25, -0.2) is 4.98 Å². The average Bonchev–Trinajstić information content (AvgIpc) is 3.20. The highest BCUT2D eigenvalue weighted by atomic mass is 35.5. The Morgan fingerprint density at radius 3 is 2.54 bits per heavy atom. The Morgan fingerprint density at radius 2 is 1.77 bits per heavy atom. The maximum Gasteiger partial charge on any atom is 0.325 e. The van der Waals surface area contributed by atoms with Crippen LogP contribution in [0.3, 0.4) is 0 Å². The van der Waals surface area contributed by atoms with Crippen LogP contribution in [-0.2, 0) is 14.3 Å². The normalized spacial score (nSPS) is 10.9. The summed E-state index contributed by atoms with van der Waals surface area (Å²) in [6, 6.07) is 10.8. The molecule has 0 aliphatic carbocycles. The summed E-state index contributed by atoms with van der Waals surface area (Å²) in [5.74, 6) is 0.450. The molecule has 0 amide bonds. The van der Waals surface area contributed by atoms with E-state index in [0.717, 1.165) is 24.8 Å². The number of carbonyl (C=O) groups excluding carboxylic acids is 2. The molecule has 0 aliphatic heterocycles. The molecule has 35 heavy (non-hydrogen) atoms. The highest BCUT2D eigenvalue weighted by molar-refractivity contribution is 6.30. The van der Waals surface area contributed by atoms with E-state index >= 15 is 0 Å². The summed E-state index contributed by atoms with van der Waals surface area (Å²) in [5, 5.41) is 3.65. The van der Waals surface area contributed by atoms with Gasteiger partial charge in [-0.05, 0) is 37.6 Å². The zero-order valence-corrected chi connectivity index (χ0v) is 21.3. The molecule has 0 unspecified atom stereocenters. The molecule has 1 N–H and O–H groups in total.